The zero-order valence-electron chi connectivity index (χ0n) is 28.6. The monoisotopic (exact) mass is 671 g/mol. The van der Waals surface area contributed by atoms with Gasteiger partial charge < -0.3 is 26.7 Å². The van der Waals surface area contributed by atoms with E-state index in [1.54, 1.807) is 21.1 Å². The summed E-state index contributed by atoms with van der Waals surface area (Å²) in [6.07, 6.45) is 0. The summed E-state index contributed by atoms with van der Waals surface area (Å²) in [4.78, 5) is 22.6. The van der Waals surface area contributed by atoms with Gasteiger partial charge in [0.1, 0.15) is 11.3 Å². The number of para-hydroxylation sites is 2. The van der Waals surface area contributed by atoms with Crippen LogP contribution in [0.15, 0.2) is 127 Å². The third-order valence-electron chi connectivity index (χ3n) is 9.00. The Morgan fingerprint density at radius 3 is 1.92 bits per heavy atom. The normalized spacial score (nSPS) is 11.7. The van der Waals surface area contributed by atoms with Crippen molar-refractivity contribution in [1.29, 1.82) is 0 Å². The van der Waals surface area contributed by atoms with Crippen molar-refractivity contribution in [3.05, 3.63) is 133 Å². The first-order valence-corrected chi connectivity index (χ1v) is 16.6. The Hall–Kier alpha value is -6.51. The van der Waals surface area contributed by atoms with Crippen LogP contribution in [0.4, 0.5) is 11.4 Å². The lowest BCUT2D eigenvalue weighted by molar-refractivity contribution is 0.0970. The summed E-state index contributed by atoms with van der Waals surface area (Å²) in [5, 5.41) is 3.87. The third kappa shape index (κ3) is 6.02. The summed E-state index contributed by atoms with van der Waals surface area (Å²) in [6, 6.07) is 41.2. The van der Waals surface area contributed by atoms with E-state index in [4.69, 9.17) is 36.6 Å². The van der Waals surface area contributed by atoms with Crippen LogP contribution in [-0.2, 0) is 0 Å². The molecular weight excluding hydrogens is 635 g/mol. The quantitative estimate of drug-likeness (QED) is 0.0905. The Kier molecular flexibility index (Phi) is 8.92. The van der Waals surface area contributed by atoms with Gasteiger partial charge in [-0.3, -0.25) is 4.79 Å². The van der Waals surface area contributed by atoms with E-state index in [0.717, 1.165) is 60.5 Å². The fourth-order valence-electron chi connectivity index (χ4n) is 6.59. The van der Waals surface area contributed by atoms with E-state index < -0.39 is 6.04 Å². The maximum absolute atomic E-state index is 13.1. The number of aromatic nitrogens is 2. The zero-order chi connectivity index (χ0) is 35.6. The highest BCUT2D eigenvalue weighted by molar-refractivity contribution is 6.20. The van der Waals surface area contributed by atoms with E-state index in [9.17, 15) is 4.79 Å². The first kappa shape index (κ1) is 33.0. The number of nitrogens with two attached hydrogens (primary N) is 3. The predicted octanol–water partition coefficient (Wildman–Crippen LogP) is 8.82. The minimum Gasteiger partial charge on any atom is -0.494 e. The van der Waals surface area contributed by atoms with Crippen LogP contribution < -0.4 is 26.7 Å². The van der Waals surface area contributed by atoms with E-state index in [0.29, 0.717) is 22.5 Å². The van der Waals surface area contributed by atoms with Gasteiger partial charge in [0.05, 0.1) is 48.1 Å². The van der Waals surface area contributed by atoms with Crippen LogP contribution in [-0.4, -0.2) is 36.0 Å². The van der Waals surface area contributed by atoms with Crippen molar-refractivity contribution in [1.82, 2.24) is 9.97 Å². The zero-order valence-corrected chi connectivity index (χ0v) is 28.6. The molecule has 51 heavy (non-hydrogen) atoms. The number of carbonyl (C=O) groups excluding carboxylic acids is 1. The molecule has 0 saturated carbocycles. The van der Waals surface area contributed by atoms with E-state index in [1.165, 1.54) is 0 Å². The lowest BCUT2D eigenvalue weighted by Gasteiger charge is -2.20. The molecule has 6 N–H and O–H groups in total. The summed E-state index contributed by atoms with van der Waals surface area (Å²) >= 11 is 0. The Morgan fingerprint density at radius 1 is 0.627 bits per heavy atom. The average Bonchev–Trinajstić information content (AvgIpc) is 3.16. The number of ketones is 1. The van der Waals surface area contributed by atoms with Crippen LogP contribution in [0.5, 0.6) is 11.5 Å². The molecule has 0 radical (unpaired) electrons. The second-order valence-corrected chi connectivity index (χ2v) is 12.3. The molecule has 0 spiro atoms. The molecule has 2 aromatic heterocycles. The van der Waals surface area contributed by atoms with Crippen molar-refractivity contribution in [2.75, 3.05) is 25.7 Å². The highest BCUT2D eigenvalue weighted by atomic mass is 16.5. The van der Waals surface area contributed by atoms with Gasteiger partial charge in [-0.2, -0.15) is 0 Å². The number of rotatable bonds is 6. The van der Waals surface area contributed by atoms with E-state index in [-0.39, 0.29) is 17.0 Å². The van der Waals surface area contributed by atoms with Gasteiger partial charge in [-0.1, -0.05) is 91.0 Å². The number of anilines is 2. The first-order valence-electron chi connectivity index (χ1n) is 16.6. The van der Waals surface area contributed by atoms with Crippen LogP contribution in [0.25, 0.3) is 65.9 Å². The molecule has 0 aliphatic rings. The van der Waals surface area contributed by atoms with Gasteiger partial charge in [0.15, 0.2) is 11.5 Å². The summed E-state index contributed by atoms with van der Waals surface area (Å²) in [6.45, 7) is 1.63. The van der Waals surface area contributed by atoms with Gasteiger partial charge in [0, 0.05) is 38.4 Å². The number of nitrogen functional groups attached to an aromatic ring is 2. The number of fused-ring (bicyclic) bond motifs is 4. The molecule has 0 saturated heterocycles. The molecule has 6 aromatic carbocycles. The van der Waals surface area contributed by atoms with Crippen LogP contribution >= 0.6 is 0 Å². The van der Waals surface area contributed by atoms with Gasteiger partial charge in [0.2, 0.25) is 0 Å². The van der Waals surface area contributed by atoms with Crippen LogP contribution in [0.3, 0.4) is 0 Å². The molecule has 0 fully saturated rings. The van der Waals surface area contributed by atoms with E-state index in [1.807, 2.05) is 103 Å². The van der Waals surface area contributed by atoms with Crippen LogP contribution in [0.2, 0.25) is 0 Å². The smallest absolute Gasteiger partial charge is 0.183 e. The first-order chi connectivity index (χ1) is 24.8. The number of hydrogen-bond acceptors (Lipinski definition) is 8. The van der Waals surface area contributed by atoms with Crippen molar-refractivity contribution < 1.29 is 14.3 Å². The van der Waals surface area contributed by atoms with Crippen molar-refractivity contribution in [2.45, 2.75) is 13.0 Å². The second-order valence-electron chi connectivity index (χ2n) is 12.3. The standard InChI is InChI=1S/C24H23N3O3.C19H14N2/c1-13(25)23(28)19-20(26)24(30-3)18(14-8-5-4-6-9-14)16-12-15-10-7-11-17(29-2)21(15)27-22(16)19;20-16-10-11-18-15(19(16)13-6-2-1-3-7-13)12-14-8-4-5-9-17(14)21-18/h4-13H,25-26H2,1-3H3;1-12H,20H2. The number of ether oxygens (including phenoxy) is 2. The number of Topliss-reactive ketones (excluding diaryl/α,β-unsaturated/α-hetero) is 1. The summed E-state index contributed by atoms with van der Waals surface area (Å²) < 4.78 is 11.2. The van der Waals surface area contributed by atoms with E-state index >= 15 is 0 Å². The molecule has 8 nitrogen and oxygen atoms in total. The van der Waals surface area contributed by atoms with Gasteiger partial charge in [0.25, 0.3) is 0 Å². The van der Waals surface area contributed by atoms with E-state index in [2.05, 4.69) is 24.3 Å². The molecule has 1 unspecified atom stereocenters. The minimum atomic E-state index is -0.738. The molecule has 252 valence electrons. The molecular formula is C43H37N5O3. The molecule has 0 aliphatic carbocycles. The molecule has 1 atom stereocenters. The maximum atomic E-state index is 13.1. The van der Waals surface area contributed by atoms with Gasteiger partial charge in [-0.05, 0) is 54.4 Å². The van der Waals surface area contributed by atoms with Crippen molar-refractivity contribution in [3.8, 4) is 33.8 Å². The van der Waals surface area contributed by atoms with Crippen molar-refractivity contribution in [2.24, 2.45) is 5.73 Å². The molecule has 8 rings (SSSR count). The number of carbonyl (C=O) groups is 1. The predicted molar refractivity (Wildman–Crippen MR) is 209 cm³/mol. The Balaban J connectivity index is 0.000000169. The van der Waals surface area contributed by atoms with Crippen molar-refractivity contribution in [3.63, 3.8) is 0 Å². The van der Waals surface area contributed by atoms with Gasteiger partial charge in [-0.25, -0.2) is 9.97 Å². The number of hydrogen-bond donors (Lipinski definition) is 3. The fourth-order valence-corrected chi connectivity index (χ4v) is 6.59. The topological polar surface area (TPSA) is 139 Å². The lowest BCUT2D eigenvalue weighted by Crippen LogP contribution is -2.28. The molecule has 2 heterocycles. The molecule has 0 amide bonds. The fraction of sp³-hybridized carbons (Fsp3) is 0.0930. The van der Waals surface area contributed by atoms with Gasteiger partial charge >= 0.3 is 0 Å². The number of benzene rings is 6. The summed E-state index contributed by atoms with van der Waals surface area (Å²) in [7, 11) is 3.13. The molecule has 0 aliphatic heterocycles. The number of methoxy groups -OCH3 is 2. The Labute approximate surface area is 295 Å². The molecule has 0 bridgehead atoms. The Bertz CT molecular complexity index is 2570. The van der Waals surface area contributed by atoms with Crippen molar-refractivity contribution >= 4 is 60.8 Å². The number of pyridine rings is 2. The molecule has 8 aromatic rings. The average molecular weight is 672 g/mol. The highest BCUT2D eigenvalue weighted by Crippen LogP contribution is 2.45. The number of nitrogens with zero attached hydrogens (tertiary/aromatic N) is 2. The van der Waals surface area contributed by atoms with Gasteiger partial charge in [-0.15, -0.1) is 0 Å². The SMILES string of the molecule is COc1c(N)c(C(=O)C(C)N)c2nc3c(OC)cccc3cc2c1-c1ccccc1.Nc1ccc2nc3ccccc3cc2c1-c1ccccc1. The minimum absolute atomic E-state index is 0.230. The van der Waals surface area contributed by atoms with Crippen LogP contribution in [0.1, 0.15) is 17.3 Å². The highest BCUT2D eigenvalue weighted by Gasteiger charge is 2.27. The molecule has 8 heteroatoms. The third-order valence-corrected chi connectivity index (χ3v) is 9.00. The maximum Gasteiger partial charge on any atom is 0.183 e. The largest absolute Gasteiger partial charge is 0.494 e. The Morgan fingerprint density at radius 2 is 1.25 bits per heavy atom. The summed E-state index contributed by atoms with van der Waals surface area (Å²) in [5.74, 6) is 0.753. The second kappa shape index (κ2) is 13.8. The van der Waals surface area contributed by atoms with Crippen LogP contribution in [0, 0.1) is 0 Å². The lowest BCUT2D eigenvalue weighted by atomic mass is 9.91. The summed E-state index contributed by atoms with van der Waals surface area (Å²) in [5.41, 5.74) is 26.9.